The van der Waals surface area contributed by atoms with Gasteiger partial charge in [-0.05, 0) is 39.2 Å². The van der Waals surface area contributed by atoms with Crippen molar-refractivity contribution in [2.75, 3.05) is 31.1 Å². The van der Waals surface area contributed by atoms with E-state index in [0.29, 0.717) is 30.0 Å². The standard InChI is InChI=1S/C26H32N6O2/c1-19-13-32(20(2)12-31(19)23-28-10-22(9-27)11-29-23)24(33)34-25(3)15-26(16-25)17-30(18-26)14-21-7-5-4-6-8-21/h4-8,10-11,19-20H,12-18H2,1-3H3/t19-,20+/m0/s1. The molecule has 0 bridgehead atoms. The molecule has 1 aromatic heterocycles. The van der Waals surface area contributed by atoms with Crippen LogP contribution >= 0.6 is 0 Å². The summed E-state index contributed by atoms with van der Waals surface area (Å²) in [5, 5.41) is 8.97. The van der Waals surface area contributed by atoms with Gasteiger partial charge in [-0.1, -0.05) is 30.3 Å². The van der Waals surface area contributed by atoms with Gasteiger partial charge >= 0.3 is 6.09 Å². The number of nitriles is 1. The molecule has 1 aliphatic carbocycles. The molecular formula is C26H32N6O2. The number of carbonyl (C=O) groups is 1. The van der Waals surface area contributed by atoms with E-state index in [-0.39, 0.29) is 23.8 Å². The number of piperazine rings is 1. The summed E-state index contributed by atoms with van der Waals surface area (Å²) >= 11 is 0. The third-order valence-corrected chi connectivity index (χ3v) is 7.44. The van der Waals surface area contributed by atoms with E-state index in [9.17, 15) is 4.79 Å². The first-order valence-electron chi connectivity index (χ1n) is 12.0. The molecule has 2 aliphatic heterocycles. The number of ether oxygens (including phenoxy) is 1. The zero-order chi connectivity index (χ0) is 23.9. The smallest absolute Gasteiger partial charge is 0.410 e. The second kappa shape index (κ2) is 8.55. The number of rotatable bonds is 4. The van der Waals surface area contributed by atoms with Crippen molar-refractivity contribution >= 4 is 12.0 Å². The van der Waals surface area contributed by atoms with Gasteiger partial charge < -0.3 is 14.5 Å². The Balaban J connectivity index is 1.12. The van der Waals surface area contributed by atoms with Gasteiger partial charge in [-0.2, -0.15) is 5.26 Å². The lowest BCUT2D eigenvalue weighted by atomic mass is 9.55. The van der Waals surface area contributed by atoms with Crippen molar-refractivity contribution in [2.45, 2.75) is 57.8 Å². The lowest BCUT2D eigenvalue weighted by Gasteiger charge is -2.62. The number of aromatic nitrogens is 2. The van der Waals surface area contributed by atoms with Crippen molar-refractivity contribution in [3.63, 3.8) is 0 Å². The molecule has 1 aromatic carbocycles. The molecule has 1 saturated carbocycles. The Labute approximate surface area is 201 Å². The molecule has 0 radical (unpaired) electrons. The molecule has 2 atom stereocenters. The fraction of sp³-hybridized carbons (Fsp3) is 0.538. The molecule has 3 heterocycles. The highest BCUT2D eigenvalue weighted by molar-refractivity contribution is 5.69. The Bertz CT molecular complexity index is 1070. The highest BCUT2D eigenvalue weighted by Crippen LogP contribution is 2.56. The maximum absolute atomic E-state index is 13.1. The molecule has 5 rings (SSSR count). The summed E-state index contributed by atoms with van der Waals surface area (Å²) in [6.07, 6.45) is 4.71. The fourth-order valence-corrected chi connectivity index (χ4v) is 6.14. The van der Waals surface area contributed by atoms with Crippen LogP contribution in [0.5, 0.6) is 0 Å². The van der Waals surface area contributed by atoms with Crippen molar-refractivity contribution in [1.29, 1.82) is 5.26 Å². The quantitative estimate of drug-likeness (QED) is 0.691. The normalized spacial score (nSPS) is 25.2. The second-order valence-electron chi connectivity index (χ2n) is 10.7. The van der Waals surface area contributed by atoms with Gasteiger partial charge in [-0.15, -0.1) is 0 Å². The maximum atomic E-state index is 13.1. The zero-order valence-corrected chi connectivity index (χ0v) is 20.1. The first-order chi connectivity index (χ1) is 16.3. The average Bonchev–Trinajstić information content (AvgIpc) is 2.78. The lowest BCUT2D eigenvalue weighted by molar-refractivity contribution is -0.187. The van der Waals surface area contributed by atoms with Crippen molar-refractivity contribution in [3.8, 4) is 6.07 Å². The van der Waals surface area contributed by atoms with E-state index in [1.54, 1.807) is 0 Å². The van der Waals surface area contributed by atoms with E-state index in [1.807, 2.05) is 17.9 Å². The van der Waals surface area contributed by atoms with Gasteiger partial charge in [-0.25, -0.2) is 14.8 Å². The summed E-state index contributed by atoms with van der Waals surface area (Å²) < 4.78 is 6.07. The summed E-state index contributed by atoms with van der Waals surface area (Å²) in [4.78, 5) is 28.2. The predicted octanol–water partition coefficient (Wildman–Crippen LogP) is 3.44. The Morgan fingerprint density at radius 1 is 1.12 bits per heavy atom. The van der Waals surface area contributed by atoms with Crippen LogP contribution in [-0.4, -0.2) is 69.7 Å². The molecule has 178 valence electrons. The number of benzene rings is 1. The van der Waals surface area contributed by atoms with Crippen LogP contribution in [0, 0.1) is 16.7 Å². The van der Waals surface area contributed by atoms with Crippen LogP contribution in [0.3, 0.4) is 0 Å². The van der Waals surface area contributed by atoms with Gasteiger partial charge in [0.05, 0.1) is 18.0 Å². The Hall–Kier alpha value is -3.18. The fourth-order valence-electron chi connectivity index (χ4n) is 6.14. The monoisotopic (exact) mass is 460 g/mol. The summed E-state index contributed by atoms with van der Waals surface area (Å²) in [5.74, 6) is 0.587. The van der Waals surface area contributed by atoms with Crippen LogP contribution in [-0.2, 0) is 11.3 Å². The number of hydrogen-bond donors (Lipinski definition) is 0. The molecule has 1 spiro atoms. The van der Waals surface area contributed by atoms with Gasteiger partial charge in [0.1, 0.15) is 11.7 Å². The molecule has 0 N–H and O–H groups in total. The SMILES string of the molecule is C[C@@H]1CN(c2ncc(C#N)cn2)[C@@H](C)CN1C(=O)OC1(C)CC2(CN(Cc3ccccc3)C2)C1. The zero-order valence-electron chi connectivity index (χ0n) is 20.1. The molecular weight excluding hydrogens is 428 g/mol. The molecule has 8 nitrogen and oxygen atoms in total. The maximum Gasteiger partial charge on any atom is 0.410 e. The van der Waals surface area contributed by atoms with Crippen molar-refractivity contribution in [3.05, 3.63) is 53.9 Å². The van der Waals surface area contributed by atoms with Crippen LogP contribution in [0.25, 0.3) is 0 Å². The van der Waals surface area contributed by atoms with Crippen molar-refractivity contribution in [2.24, 2.45) is 5.41 Å². The second-order valence-corrected chi connectivity index (χ2v) is 10.7. The topological polar surface area (TPSA) is 85.6 Å². The van der Waals surface area contributed by atoms with Crippen LogP contribution in [0.15, 0.2) is 42.7 Å². The summed E-state index contributed by atoms with van der Waals surface area (Å²) in [6, 6.07) is 12.6. The van der Waals surface area contributed by atoms with Crippen molar-refractivity contribution < 1.29 is 9.53 Å². The minimum atomic E-state index is -0.383. The van der Waals surface area contributed by atoms with E-state index >= 15 is 0 Å². The Morgan fingerprint density at radius 3 is 2.44 bits per heavy atom. The number of nitrogens with zero attached hydrogens (tertiary/aromatic N) is 6. The number of amides is 1. The molecule has 2 saturated heterocycles. The number of carbonyl (C=O) groups excluding carboxylic acids is 1. The molecule has 8 heteroatoms. The average molecular weight is 461 g/mol. The first kappa shape index (κ1) is 22.6. The summed E-state index contributed by atoms with van der Waals surface area (Å²) in [6.45, 7) is 10.5. The van der Waals surface area contributed by atoms with Gasteiger partial charge in [-0.3, -0.25) is 4.90 Å². The molecule has 3 fully saturated rings. The van der Waals surface area contributed by atoms with Crippen LogP contribution in [0.4, 0.5) is 10.7 Å². The van der Waals surface area contributed by atoms with Gasteiger partial charge in [0.25, 0.3) is 0 Å². The molecule has 3 aliphatic rings. The molecule has 0 unspecified atom stereocenters. The predicted molar refractivity (Wildman–Crippen MR) is 128 cm³/mol. The van der Waals surface area contributed by atoms with E-state index < -0.39 is 0 Å². The van der Waals surface area contributed by atoms with Gasteiger partial charge in [0.2, 0.25) is 5.95 Å². The molecule has 2 aromatic rings. The number of anilines is 1. The van der Waals surface area contributed by atoms with Crippen molar-refractivity contribution in [1.82, 2.24) is 19.8 Å². The lowest BCUT2D eigenvalue weighted by Crippen LogP contribution is -2.68. The summed E-state index contributed by atoms with van der Waals surface area (Å²) in [7, 11) is 0. The number of likely N-dealkylation sites (tertiary alicyclic amines) is 1. The molecule has 1 amide bonds. The van der Waals surface area contributed by atoms with Gasteiger partial charge in [0.15, 0.2) is 0 Å². The van der Waals surface area contributed by atoms with Gasteiger partial charge in [0, 0.05) is 50.2 Å². The highest BCUT2D eigenvalue weighted by Gasteiger charge is 2.60. The Kier molecular flexibility index (Phi) is 5.68. The van der Waals surface area contributed by atoms with Crippen LogP contribution in [0.2, 0.25) is 0 Å². The van der Waals surface area contributed by atoms with E-state index in [1.165, 1.54) is 18.0 Å². The van der Waals surface area contributed by atoms with Crippen LogP contribution in [0.1, 0.15) is 44.7 Å². The Morgan fingerprint density at radius 2 is 1.79 bits per heavy atom. The third-order valence-electron chi connectivity index (χ3n) is 7.44. The molecule has 34 heavy (non-hydrogen) atoms. The summed E-state index contributed by atoms with van der Waals surface area (Å²) in [5.41, 5.74) is 1.70. The van der Waals surface area contributed by atoms with Crippen LogP contribution < -0.4 is 4.90 Å². The van der Waals surface area contributed by atoms with E-state index in [2.05, 4.69) is 63.9 Å². The number of hydrogen-bond acceptors (Lipinski definition) is 7. The minimum absolute atomic E-state index is 0.0225. The first-order valence-corrected chi connectivity index (χ1v) is 12.0. The van der Waals surface area contributed by atoms with E-state index in [4.69, 9.17) is 10.00 Å². The highest BCUT2D eigenvalue weighted by atomic mass is 16.6. The minimum Gasteiger partial charge on any atom is -0.443 e. The third kappa shape index (κ3) is 4.32. The largest absolute Gasteiger partial charge is 0.443 e. The van der Waals surface area contributed by atoms with E-state index in [0.717, 1.165) is 32.5 Å².